The Balaban J connectivity index is 2.13. The van der Waals surface area contributed by atoms with Gasteiger partial charge in [-0.1, -0.05) is 0 Å². The van der Waals surface area contributed by atoms with Crippen molar-refractivity contribution in [2.75, 3.05) is 19.1 Å². The summed E-state index contributed by atoms with van der Waals surface area (Å²) in [5.41, 5.74) is 0. The van der Waals surface area contributed by atoms with Crippen LogP contribution in [0.25, 0.3) is 0 Å². The van der Waals surface area contributed by atoms with E-state index in [1.54, 1.807) is 17.1 Å². The second-order valence-corrected chi connectivity index (χ2v) is 3.08. The van der Waals surface area contributed by atoms with Gasteiger partial charge in [-0.2, -0.15) is 0 Å². The van der Waals surface area contributed by atoms with E-state index in [-0.39, 0.29) is 0 Å². The Morgan fingerprint density at radius 3 is 2.83 bits per heavy atom. The molecule has 0 saturated carbocycles. The molecule has 1 aromatic heterocycles. The molecule has 1 fully saturated rings. The van der Waals surface area contributed by atoms with E-state index in [4.69, 9.17) is 10.6 Å². The fourth-order valence-electron chi connectivity index (χ4n) is 1.60. The van der Waals surface area contributed by atoms with Gasteiger partial charge in [0.25, 0.3) is 0 Å². The van der Waals surface area contributed by atoms with Gasteiger partial charge in [-0.25, -0.2) is 4.98 Å². The lowest BCUT2D eigenvalue weighted by Gasteiger charge is -2.21. The Bertz CT molecular complexity index is 253. The van der Waals surface area contributed by atoms with Crippen molar-refractivity contribution in [3.63, 3.8) is 0 Å². The van der Waals surface area contributed by atoms with Crippen LogP contribution in [0.1, 0.15) is 24.6 Å². The first-order valence-corrected chi connectivity index (χ1v) is 4.24. The van der Waals surface area contributed by atoms with Gasteiger partial charge in [-0.05, 0) is 12.8 Å². The molecule has 1 aromatic rings. The maximum absolute atomic E-state index is 5.68. The van der Waals surface area contributed by atoms with Crippen molar-refractivity contribution >= 4 is 0 Å². The average molecular weight is 167 g/mol. The third-order valence-electron chi connectivity index (χ3n) is 2.29. The lowest BCUT2D eigenvalue weighted by atomic mass is 10.00. The third kappa shape index (κ3) is 1.30. The number of rotatable bonds is 1. The molecule has 1 aliphatic heterocycles. The van der Waals surface area contributed by atoms with E-state index in [1.165, 1.54) is 0 Å². The summed E-state index contributed by atoms with van der Waals surface area (Å²) in [4.78, 5) is 4.22. The Hall–Kier alpha value is -1.03. The molecule has 0 radical (unpaired) electrons. The molecular weight excluding hydrogens is 154 g/mol. The van der Waals surface area contributed by atoms with Gasteiger partial charge in [0.1, 0.15) is 5.82 Å². The number of ether oxygens (including phenoxy) is 1. The lowest BCUT2D eigenvalue weighted by Crippen LogP contribution is -2.20. The molecule has 1 aliphatic rings. The van der Waals surface area contributed by atoms with Crippen LogP contribution >= 0.6 is 0 Å². The summed E-state index contributed by atoms with van der Waals surface area (Å²) >= 11 is 0. The number of nitrogen functional groups attached to an aromatic ring is 1. The highest BCUT2D eigenvalue weighted by atomic mass is 16.5. The molecule has 0 atom stereocenters. The molecule has 1 saturated heterocycles. The number of aromatic nitrogens is 2. The van der Waals surface area contributed by atoms with E-state index < -0.39 is 0 Å². The van der Waals surface area contributed by atoms with E-state index in [1.807, 2.05) is 0 Å². The van der Waals surface area contributed by atoms with Crippen LogP contribution in [0.5, 0.6) is 0 Å². The zero-order chi connectivity index (χ0) is 8.39. The summed E-state index contributed by atoms with van der Waals surface area (Å²) in [5, 5.41) is 0. The maximum Gasteiger partial charge on any atom is 0.130 e. The van der Waals surface area contributed by atoms with Crippen molar-refractivity contribution in [2.24, 2.45) is 0 Å². The average Bonchev–Trinajstić information content (AvgIpc) is 2.53. The predicted octanol–water partition coefficient (Wildman–Crippen LogP) is 0.491. The van der Waals surface area contributed by atoms with Crippen LogP contribution in [0, 0.1) is 0 Å². The topological polar surface area (TPSA) is 53.1 Å². The van der Waals surface area contributed by atoms with Crippen LogP contribution < -0.4 is 5.84 Å². The monoisotopic (exact) mass is 167 g/mol. The van der Waals surface area contributed by atoms with E-state index in [0.29, 0.717) is 5.92 Å². The minimum Gasteiger partial charge on any atom is -0.381 e. The zero-order valence-corrected chi connectivity index (χ0v) is 6.94. The molecule has 0 unspecified atom stereocenters. The van der Waals surface area contributed by atoms with Crippen molar-refractivity contribution in [3.8, 4) is 0 Å². The maximum atomic E-state index is 5.68. The molecular formula is C8H13N3O. The molecule has 2 rings (SSSR count). The van der Waals surface area contributed by atoms with Gasteiger partial charge in [-0.3, -0.25) is 4.68 Å². The minimum absolute atomic E-state index is 0.485. The first-order chi connectivity index (χ1) is 5.88. The zero-order valence-electron chi connectivity index (χ0n) is 6.94. The van der Waals surface area contributed by atoms with Gasteiger partial charge in [0.2, 0.25) is 0 Å². The van der Waals surface area contributed by atoms with Crippen LogP contribution in [0.2, 0.25) is 0 Å². The van der Waals surface area contributed by atoms with Crippen LogP contribution in [0.4, 0.5) is 0 Å². The van der Waals surface area contributed by atoms with Crippen molar-refractivity contribution in [1.82, 2.24) is 9.66 Å². The molecule has 4 heteroatoms. The van der Waals surface area contributed by atoms with Gasteiger partial charge < -0.3 is 10.6 Å². The summed E-state index contributed by atoms with van der Waals surface area (Å²) in [5.74, 6) is 7.15. The number of imidazole rings is 1. The van der Waals surface area contributed by atoms with Crippen molar-refractivity contribution in [2.45, 2.75) is 18.8 Å². The highest BCUT2D eigenvalue weighted by Crippen LogP contribution is 2.24. The second kappa shape index (κ2) is 3.15. The normalized spacial score (nSPS) is 19.7. The summed E-state index contributed by atoms with van der Waals surface area (Å²) in [6.07, 6.45) is 5.60. The number of nitrogens with zero attached hydrogens (tertiary/aromatic N) is 2. The van der Waals surface area contributed by atoms with Crippen molar-refractivity contribution in [1.29, 1.82) is 0 Å². The van der Waals surface area contributed by atoms with Gasteiger partial charge in [-0.15, -0.1) is 0 Å². The summed E-state index contributed by atoms with van der Waals surface area (Å²) < 4.78 is 6.87. The second-order valence-electron chi connectivity index (χ2n) is 3.08. The molecule has 66 valence electrons. The Morgan fingerprint density at radius 1 is 1.50 bits per heavy atom. The van der Waals surface area contributed by atoms with E-state index in [9.17, 15) is 0 Å². The fourth-order valence-corrected chi connectivity index (χ4v) is 1.60. The quantitative estimate of drug-likeness (QED) is 0.619. The fraction of sp³-hybridized carbons (Fsp3) is 0.625. The van der Waals surface area contributed by atoms with Crippen LogP contribution in [-0.4, -0.2) is 22.9 Å². The molecule has 0 aliphatic carbocycles. The van der Waals surface area contributed by atoms with Crippen LogP contribution in [0.3, 0.4) is 0 Å². The van der Waals surface area contributed by atoms with E-state index >= 15 is 0 Å². The van der Waals surface area contributed by atoms with Gasteiger partial charge in [0.05, 0.1) is 0 Å². The molecule has 0 amide bonds. The first kappa shape index (κ1) is 7.61. The Labute approximate surface area is 71.3 Å². The largest absolute Gasteiger partial charge is 0.381 e. The molecule has 2 N–H and O–H groups in total. The smallest absolute Gasteiger partial charge is 0.130 e. The van der Waals surface area contributed by atoms with Crippen LogP contribution in [-0.2, 0) is 4.74 Å². The van der Waals surface area contributed by atoms with Gasteiger partial charge in [0, 0.05) is 31.5 Å². The standard InChI is InChI=1S/C8H13N3O/c9-11-4-3-10-8(11)7-1-5-12-6-2-7/h3-4,7H,1-2,5-6,9H2. The molecule has 2 heterocycles. The van der Waals surface area contributed by atoms with Gasteiger partial charge in [0.15, 0.2) is 0 Å². The molecule has 12 heavy (non-hydrogen) atoms. The molecule has 0 bridgehead atoms. The Morgan fingerprint density at radius 2 is 2.25 bits per heavy atom. The Kier molecular flexibility index (Phi) is 1.99. The van der Waals surface area contributed by atoms with Crippen LogP contribution in [0.15, 0.2) is 12.4 Å². The summed E-state index contributed by atoms with van der Waals surface area (Å²) in [6.45, 7) is 1.66. The lowest BCUT2D eigenvalue weighted by molar-refractivity contribution is 0.0832. The number of nitrogens with two attached hydrogens (primary N) is 1. The summed E-state index contributed by atoms with van der Waals surface area (Å²) in [6, 6.07) is 0. The molecule has 0 spiro atoms. The molecule has 4 nitrogen and oxygen atoms in total. The summed E-state index contributed by atoms with van der Waals surface area (Å²) in [7, 11) is 0. The van der Waals surface area contributed by atoms with Crippen molar-refractivity contribution in [3.05, 3.63) is 18.2 Å². The highest BCUT2D eigenvalue weighted by Gasteiger charge is 2.19. The predicted molar refractivity (Wildman–Crippen MR) is 45.2 cm³/mol. The number of hydrogen-bond donors (Lipinski definition) is 1. The third-order valence-corrected chi connectivity index (χ3v) is 2.29. The van der Waals surface area contributed by atoms with E-state index in [2.05, 4.69) is 4.98 Å². The number of hydrogen-bond acceptors (Lipinski definition) is 3. The van der Waals surface area contributed by atoms with Gasteiger partial charge >= 0.3 is 0 Å². The van der Waals surface area contributed by atoms with E-state index in [0.717, 1.165) is 31.9 Å². The SMILES string of the molecule is Nn1ccnc1C1CCOCC1. The molecule has 0 aromatic carbocycles. The van der Waals surface area contributed by atoms with Crippen molar-refractivity contribution < 1.29 is 4.74 Å². The first-order valence-electron chi connectivity index (χ1n) is 4.24. The highest BCUT2D eigenvalue weighted by molar-refractivity contribution is 5.01. The minimum atomic E-state index is 0.485.